The zero-order valence-electron chi connectivity index (χ0n) is 12.2. The minimum atomic E-state index is -3.61. The van der Waals surface area contributed by atoms with E-state index in [4.69, 9.17) is 5.73 Å². The quantitative estimate of drug-likeness (QED) is 0.713. The predicted molar refractivity (Wildman–Crippen MR) is 79.0 cm³/mol. The van der Waals surface area contributed by atoms with Gasteiger partial charge in [-0.2, -0.15) is 0 Å². The molecule has 1 aromatic rings. The van der Waals surface area contributed by atoms with Gasteiger partial charge in [-0.15, -0.1) is 0 Å². The number of aryl methyl sites for hydroxylation is 2. The van der Waals surface area contributed by atoms with Crippen molar-refractivity contribution in [1.82, 2.24) is 4.72 Å². The molecule has 6 heteroatoms. The maximum atomic E-state index is 12.5. The predicted octanol–water partition coefficient (Wildman–Crippen LogP) is 1.24. The highest BCUT2D eigenvalue weighted by Gasteiger charge is 2.42. The summed E-state index contributed by atoms with van der Waals surface area (Å²) in [4.78, 5) is 0.259. The van der Waals surface area contributed by atoms with Crippen LogP contribution in [0.5, 0.6) is 0 Å². The number of hydrogen-bond acceptors (Lipinski definition) is 4. The molecule has 20 heavy (non-hydrogen) atoms. The summed E-state index contributed by atoms with van der Waals surface area (Å²) in [6, 6.07) is 1.79. The van der Waals surface area contributed by atoms with Crippen LogP contribution in [0.4, 0.5) is 5.69 Å². The molecule has 1 aliphatic carbocycles. The standard InChI is InChI=1S/C14H22N2O3S/c1-9-6-10(2)13(11(3)12(9)15)20(18,19)16-7-14(8-17)4-5-14/h6,16-17H,4-5,7-8,15H2,1-3H3. The van der Waals surface area contributed by atoms with Crippen LogP contribution in [0.25, 0.3) is 0 Å². The molecule has 1 aromatic carbocycles. The van der Waals surface area contributed by atoms with Crippen molar-refractivity contribution in [2.24, 2.45) is 5.41 Å². The van der Waals surface area contributed by atoms with Crippen molar-refractivity contribution >= 4 is 15.7 Å². The van der Waals surface area contributed by atoms with Crippen LogP contribution in [0.3, 0.4) is 0 Å². The molecule has 0 unspecified atom stereocenters. The summed E-state index contributed by atoms with van der Waals surface area (Å²) in [5.41, 5.74) is 8.35. The largest absolute Gasteiger partial charge is 0.398 e. The highest BCUT2D eigenvalue weighted by Crippen LogP contribution is 2.44. The molecule has 0 atom stereocenters. The van der Waals surface area contributed by atoms with Crippen LogP contribution >= 0.6 is 0 Å². The molecule has 0 aromatic heterocycles. The van der Waals surface area contributed by atoms with Crippen LogP contribution in [0.1, 0.15) is 29.5 Å². The fraction of sp³-hybridized carbons (Fsp3) is 0.571. The molecular weight excluding hydrogens is 276 g/mol. The first-order valence-electron chi connectivity index (χ1n) is 6.69. The fourth-order valence-corrected chi connectivity index (χ4v) is 4.12. The van der Waals surface area contributed by atoms with Crippen molar-refractivity contribution in [3.63, 3.8) is 0 Å². The molecule has 1 saturated carbocycles. The van der Waals surface area contributed by atoms with Crippen LogP contribution < -0.4 is 10.5 Å². The van der Waals surface area contributed by atoms with Crippen molar-refractivity contribution in [2.75, 3.05) is 18.9 Å². The number of hydrogen-bond donors (Lipinski definition) is 3. The molecule has 1 aliphatic rings. The highest BCUT2D eigenvalue weighted by molar-refractivity contribution is 7.89. The number of nitrogens with two attached hydrogens (primary N) is 1. The van der Waals surface area contributed by atoms with Gasteiger partial charge >= 0.3 is 0 Å². The lowest BCUT2D eigenvalue weighted by atomic mass is 10.1. The van der Waals surface area contributed by atoms with Crippen molar-refractivity contribution in [1.29, 1.82) is 0 Å². The Bertz CT molecular complexity index is 634. The number of anilines is 1. The number of aliphatic hydroxyl groups excluding tert-OH is 1. The SMILES string of the molecule is Cc1cc(C)c(S(=O)(=O)NCC2(CO)CC2)c(C)c1N. The van der Waals surface area contributed by atoms with E-state index in [2.05, 4.69) is 4.72 Å². The van der Waals surface area contributed by atoms with E-state index in [-0.39, 0.29) is 23.5 Å². The van der Waals surface area contributed by atoms with Crippen molar-refractivity contribution in [3.8, 4) is 0 Å². The van der Waals surface area contributed by atoms with Gasteiger partial charge in [-0.25, -0.2) is 13.1 Å². The van der Waals surface area contributed by atoms with Gasteiger partial charge in [0.25, 0.3) is 0 Å². The molecular formula is C14H22N2O3S. The Labute approximate surface area is 120 Å². The van der Waals surface area contributed by atoms with Crippen molar-refractivity contribution in [2.45, 2.75) is 38.5 Å². The van der Waals surface area contributed by atoms with Gasteiger partial charge in [-0.1, -0.05) is 6.07 Å². The van der Waals surface area contributed by atoms with E-state index < -0.39 is 10.0 Å². The summed E-state index contributed by atoms with van der Waals surface area (Å²) < 4.78 is 27.6. The van der Waals surface area contributed by atoms with Gasteiger partial charge in [0, 0.05) is 24.3 Å². The average Bonchev–Trinajstić information content (AvgIpc) is 3.14. The summed E-state index contributed by atoms with van der Waals surface area (Å²) in [5.74, 6) is 0. The Morgan fingerprint density at radius 2 is 1.90 bits per heavy atom. The summed E-state index contributed by atoms with van der Waals surface area (Å²) in [6.07, 6.45) is 1.72. The molecule has 0 saturated heterocycles. The lowest BCUT2D eigenvalue weighted by Gasteiger charge is -2.18. The first-order chi connectivity index (χ1) is 9.22. The Balaban J connectivity index is 2.32. The monoisotopic (exact) mass is 298 g/mol. The summed E-state index contributed by atoms with van der Waals surface area (Å²) >= 11 is 0. The fourth-order valence-electron chi connectivity index (χ4n) is 2.48. The Morgan fingerprint density at radius 1 is 1.30 bits per heavy atom. The maximum absolute atomic E-state index is 12.5. The topological polar surface area (TPSA) is 92.4 Å². The second-order valence-corrected chi connectivity index (χ2v) is 7.56. The van der Waals surface area contributed by atoms with Gasteiger partial charge in [0.1, 0.15) is 0 Å². The van der Waals surface area contributed by atoms with E-state index >= 15 is 0 Å². The molecule has 0 radical (unpaired) electrons. The van der Waals surface area contributed by atoms with E-state index in [1.165, 1.54) is 0 Å². The number of sulfonamides is 1. The second-order valence-electron chi connectivity index (χ2n) is 5.86. The minimum Gasteiger partial charge on any atom is -0.398 e. The number of benzene rings is 1. The Hall–Kier alpha value is -1.11. The zero-order chi connectivity index (χ0) is 15.1. The molecule has 5 nitrogen and oxygen atoms in total. The second kappa shape index (κ2) is 5.02. The first-order valence-corrected chi connectivity index (χ1v) is 8.17. The van der Waals surface area contributed by atoms with Crippen molar-refractivity contribution < 1.29 is 13.5 Å². The minimum absolute atomic E-state index is 0.0174. The number of rotatable bonds is 5. The maximum Gasteiger partial charge on any atom is 0.241 e. The Kier molecular flexibility index (Phi) is 3.83. The van der Waals surface area contributed by atoms with E-state index in [1.54, 1.807) is 19.9 Å². The Morgan fingerprint density at radius 3 is 2.40 bits per heavy atom. The molecule has 0 amide bonds. The van der Waals surface area contributed by atoms with Gasteiger partial charge in [-0.3, -0.25) is 0 Å². The third-order valence-electron chi connectivity index (χ3n) is 4.16. The molecule has 112 valence electrons. The molecule has 0 spiro atoms. The van der Waals surface area contributed by atoms with Crippen LogP contribution in [-0.2, 0) is 10.0 Å². The third-order valence-corrected chi connectivity index (χ3v) is 5.85. The van der Waals surface area contributed by atoms with E-state index in [0.717, 1.165) is 18.4 Å². The van der Waals surface area contributed by atoms with Gasteiger partial charge in [-0.05, 0) is 50.3 Å². The number of nitrogens with one attached hydrogen (secondary N) is 1. The molecule has 0 aliphatic heterocycles. The summed E-state index contributed by atoms with van der Waals surface area (Å²) in [7, 11) is -3.61. The normalized spacial score (nSPS) is 17.2. The number of aliphatic hydroxyl groups is 1. The van der Waals surface area contributed by atoms with Gasteiger partial charge in [0.15, 0.2) is 0 Å². The third kappa shape index (κ3) is 2.68. The lowest BCUT2D eigenvalue weighted by Crippen LogP contribution is -2.32. The molecule has 4 N–H and O–H groups in total. The van der Waals surface area contributed by atoms with E-state index in [0.29, 0.717) is 16.8 Å². The van der Waals surface area contributed by atoms with Crippen LogP contribution in [0, 0.1) is 26.2 Å². The van der Waals surface area contributed by atoms with E-state index in [1.807, 2.05) is 6.92 Å². The summed E-state index contributed by atoms with van der Waals surface area (Å²) in [5, 5.41) is 9.26. The van der Waals surface area contributed by atoms with Crippen LogP contribution in [0.2, 0.25) is 0 Å². The average molecular weight is 298 g/mol. The lowest BCUT2D eigenvalue weighted by molar-refractivity contribution is 0.213. The smallest absolute Gasteiger partial charge is 0.241 e. The highest BCUT2D eigenvalue weighted by atomic mass is 32.2. The van der Waals surface area contributed by atoms with Crippen LogP contribution in [0.15, 0.2) is 11.0 Å². The van der Waals surface area contributed by atoms with Crippen LogP contribution in [-0.4, -0.2) is 26.7 Å². The molecule has 0 bridgehead atoms. The van der Waals surface area contributed by atoms with Crippen molar-refractivity contribution in [3.05, 3.63) is 22.8 Å². The molecule has 1 fully saturated rings. The van der Waals surface area contributed by atoms with E-state index in [9.17, 15) is 13.5 Å². The first kappa shape index (κ1) is 15.3. The van der Waals surface area contributed by atoms with Gasteiger partial charge < -0.3 is 10.8 Å². The van der Waals surface area contributed by atoms with Gasteiger partial charge in [0.05, 0.1) is 4.90 Å². The zero-order valence-corrected chi connectivity index (χ0v) is 13.0. The molecule has 0 heterocycles. The van der Waals surface area contributed by atoms with Gasteiger partial charge in [0.2, 0.25) is 10.0 Å². The molecule has 2 rings (SSSR count). The summed E-state index contributed by atoms with van der Waals surface area (Å²) in [6.45, 7) is 5.65. The number of nitrogen functional groups attached to an aromatic ring is 1.